The van der Waals surface area contributed by atoms with Gasteiger partial charge in [-0.15, -0.1) is 0 Å². The molecular formula is C42H25NO2. The van der Waals surface area contributed by atoms with E-state index in [9.17, 15) is 0 Å². The summed E-state index contributed by atoms with van der Waals surface area (Å²) in [6.07, 6.45) is 0. The molecule has 0 bridgehead atoms. The minimum atomic E-state index is 0.877. The Morgan fingerprint density at radius 1 is 0.422 bits per heavy atom. The predicted molar refractivity (Wildman–Crippen MR) is 186 cm³/mol. The smallest absolute Gasteiger partial charge is 0.161 e. The number of fused-ring (bicyclic) bond motifs is 10. The Morgan fingerprint density at radius 2 is 1.07 bits per heavy atom. The van der Waals surface area contributed by atoms with Crippen molar-refractivity contribution in [2.45, 2.75) is 0 Å². The monoisotopic (exact) mass is 575 g/mol. The summed E-state index contributed by atoms with van der Waals surface area (Å²) in [4.78, 5) is 0. The predicted octanol–water partition coefficient (Wildman–Crippen LogP) is 11.9. The zero-order valence-corrected chi connectivity index (χ0v) is 24.2. The average Bonchev–Trinajstić information content (AvgIpc) is 3.77. The molecule has 3 aromatic heterocycles. The van der Waals surface area contributed by atoms with Gasteiger partial charge in [0.05, 0.1) is 5.52 Å². The van der Waals surface area contributed by atoms with Crippen LogP contribution in [0, 0.1) is 0 Å². The summed E-state index contributed by atoms with van der Waals surface area (Å²) >= 11 is 0. The second-order valence-electron chi connectivity index (χ2n) is 11.7. The molecule has 210 valence electrons. The zero-order chi connectivity index (χ0) is 29.5. The molecule has 3 heterocycles. The van der Waals surface area contributed by atoms with E-state index in [1.807, 2.05) is 0 Å². The maximum atomic E-state index is 6.67. The molecule has 0 atom stereocenters. The Hall–Kier alpha value is -6.06. The summed E-state index contributed by atoms with van der Waals surface area (Å²) in [7, 11) is 0. The summed E-state index contributed by atoms with van der Waals surface area (Å²) in [6, 6.07) is 53.5. The highest BCUT2D eigenvalue weighted by atomic mass is 16.3. The first-order valence-corrected chi connectivity index (χ1v) is 15.3. The molecular weight excluding hydrogens is 550 g/mol. The molecule has 0 fully saturated rings. The van der Waals surface area contributed by atoms with Gasteiger partial charge in [0.15, 0.2) is 5.58 Å². The summed E-state index contributed by atoms with van der Waals surface area (Å²) in [6.45, 7) is 0. The van der Waals surface area contributed by atoms with Gasteiger partial charge in [-0.1, -0.05) is 97.1 Å². The van der Waals surface area contributed by atoms with Crippen molar-refractivity contribution in [3.05, 3.63) is 152 Å². The highest BCUT2D eigenvalue weighted by Crippen LogP contribution is 2.42. The van der Waals surface area contributed by atoms with Crippen molar-refractivity contribution >= 4 is 65.7 Å². The minimum Gasteiger partial charge on any atom is -0.456 e. The second kappa shape index (κ2) is 9.22. The van der Waals surface area contributed by atoms with E-state index >= 15 is 0 Å². The molecule has 10 rings (SSSR count). The number of rotatable bonds is 3. The van der Waals surface area contributed by atoms with Gasteiger partial charge in [0.2, 0.25) is 0 Å². The number of aromatic nitrogens is 1. The SMILES string of the molecule is c1ccc(-n2c3ccccc3c3oc4cc(-c5ccccc5-c5ccc6c(c5)oc5ccc7ccccc7c56)ccc4c32)cc1. The molecule has 0 N–H and O–H groups in total. The Bertz CT molecular complexity index is 2760. The fourth-order valence-electron chi connectivity index (χ4n) is 7.18. The van der Waals surface area contributed by atoms with Crippen molar-refractivity contribution in [3.63, 3.8) is 0 Å². The largest absolute Gasteiger partial charge is 0.456 e. The fourth-order valence-corrected chi connectivity index (χ4v) is 7.18. The summed E-state index contributed by atoms with van der Waals surface area (Å²) in [5.74, 6) is 0. The molecule has 10 aromatic rings. The van der Waals surface area contributed by atoms with Gasteiger partial charge < -0.3 is 13.4 Å². The summed E-state index contributed by atoms with van der Waals surface area (Å²) < 4.78 is 15.4. The number of benzene rings is 7. The van der Waals surface area contributed by atoms with Gasteiger partial charge in [0, 0.05) is 27.2 Å². The Balaban J connectivity index is 1.15. The lowest BCUT2D eigenvalue weighted by molar-refractivity contribution is 0.669. The molecule has 0 unspecified atom stereocenters. The van der Waals surface area contributed by atoms with E-state index in [0.717, 1.165) is 77.5 Å². The maximum absolute atomic E-state index is 6.67. The van der Waals surface area contributed by atoms with Crippen LogP contribution in [0.5, 0.6) is 0 Å². The zero-order valence-electron chi connectivity index (χ0n) is 24.2. The van der Waals surface area contributed by atoms with Crippen LogP contribution in [0.15, 0.2) is 160 Å². The van der Waals surface area contributed by atoms with Crippen LogP contribution in [0.25, 0.3) is 93.6 Å². The third kappa shape index (κ3) is 3.52. The third-order valence-corrected chi connectivity index (χ3v) is 9.20. The van der Waals surface area contributed by atoms with Crippen LogP contribution in [0.2, 0.25) is 0 Å². The van der Waals surface area contributed by atoms with Crippen LogP contribution >= 0.6 is 0 Å². The molecule has 0 saturated heterocycles. The molecule has 0 saturated carbocycles. The molecule has 3 heteroatoms. The molecule has 0 amide bonds. The highest BCUT2D eigenvalue weighted by Gasteiger charge is 2.20. The summed E-state index contributed by atoms with van der Waals surface area (Å²) in [5, 5.41) is 6.96. The van der Waals surface area contributed by atoms with Gasteiger partial charge in [0.1, 0.15) is 22.3 Å². The molecule has 45 heavy (non-hydrogen) atoms. The van der Waals surface area contributed by atoms with Crippen molar-refractivity contribution in [1.29, 1.82) is 0 Å². The Morgan fingerprint density at radius 3 is 1.87 bits per heavy atom. The van der Waals surface area contributed by atoms with Gasteiger partial charge >= 0.3 is 0 Å². The summed E-state index contributed by atoms with van der Waals surface area (Å²) in [5.41, 5.74) is 11.5. The van der Waals surface area contributed by atoms with E-state index in [4.69, 9.17) is 8.83 Å². The Labute approximate surface area is 258 Å². The van der Waals surface area contributed by atoms with Crippen molar-refractivity contribution < 1.29 is 8.83 Å². The number of para-hydroxylation sites is 2. The van der Waals surface area contributed by atoms with E-state index < -0.39 is 0 Å². The second-order valence-corrected chi connectivity index (χ2v) is 11.7. The lowest BCUT2D eigenvalue weighted by Crippen LogP contribution is -1.92. The fraction of sp³-hybridized carbons (Fsp3) is 0. The van der Waals surface area contributed by atoms with Crippen molar-refractivity contribution in [2.24, 2.45) is 0 Å². The van der Waals surface area contributed by atoms with E-state index in [2.05, 4.69) is 156 Å². The number of hydrogen-bond donors (Lipinski definition) is 0. The van der Waals surface area contributed by atoms with Gasteiger partial charge in [-0.3, -0.25) is 0 Å². The van der Waals surface area contributed by atoms with E-state index in [1.54, 1.807) is 0 Å². The number of furan rings is 2. The van der Waals surface area contributed by atoms with Gasteiger partial charge in [-0.05, 0) is 87.6 Å². The molecule has 7 aromatic carbocycles. The highest BCUT2D eigenvalue weighted by molar-refractivity contribution is 6.19. The van der Waals surface area contributed by atoms with Crippen LogP contribution in [0.1, 0.15) is 0 Å². The standard InChI is InChI=1S/C42H25NO2/c1-2-11-29(12-3-1)43-36-17-9-8-16-33(36)42-41(43)35-22-19-28(25-39(35)45-42)31-14-7-6-13-30(31)27-18-21-34-38(24-27)44-37-23-20-26-10-4-5-15-32(26)40(34)37/h1-25H. The molecule has 0 radical (unpaired) electrons. The maximum Gasteiger partial charge on any atom is 0.161 e. The van der Waals surface area contributed by atoms with Gasteiger partial charge in [-0.25, -0.2) is 0 Å². The molecule has 0 aliphatic rings. The van der Waals surface area contributed by atoms with Crippen LogP contribution in [0.4, 0.5) is 0 Å². The van der Waals surface area contributed by atoms with Crippen molar-refractivity contribution in [3.8, 4) is 27.9 Å². The first-order chi connectivity index (χ1) is 22.3. The normalized spacial score (nSPS) is 12.0. The lowest BCUT2D eigenvalue weighted by Gasteiger charge is -2.11. The molecule has 0 aliphatic heterocycles. The van der Waals surface area contributed by atoms with E-state index in [0.29, 0.717) is 0 Å². The van der Waals surface area contributed by atoms with Crippen molar-refractivity contribution in [1.82, 2.24) is 4.57 Å². The van der Waals surface area contributed by atoms with Crippen LogP contribution in [0.3, 0.4) is 0 Å². The van der Waals surface area contributed by atoms with E-state index in [-0.39, 0.29) is 0 Å². The molecule has 0 spiro atoms. The van der Waals surface area contributed by atoms with E-state index in [1.165, 1.54) is 16.2 Å². The quantitative estimate of drug-likeness (QED) is 0.210. The van der Waals surface area contributed by atoms with Crippen LogP contribution < -0.4 is 0 Å². The van der Waals surface area contributed by atoms with Crippen molar-refractivity contribution in [2.75, 3.05) is 0 Å². The minimum absolute atomic E-state index is 0.877. The van der Waals surface area contributed by atoms with Gasteiger partial charge in [-0.2, -0.15) is 0 Å². The Kier molecular flexibility index (Phi) is 5.00. The topological polar surface area (TPSA) is 31.2 Å². The third-order valence-electron chi connectivity index (χ3n) is 9.20. The first kappa shape index (κ1) is 24.4. The average molecular weight is 576 g/mol. The first-order valence-electron chi connectivity index (χ1n) is 15.3. The molecule has 0 aliphatic carbocycles. The van der Waals surface area contributed by atoms with Crippen LogP contribution in [-0.2, 0) is 0 Å². The van der Waals surface area contributed by atoms with Gasteiger partial charge in [0.25, 0.3) is 0 Å². The van der Waals surface area contributed by atoms with Crippen LogP contribution in [-0.4, -0.2) is 4.57 Å². The number of nitrogens with zero attached hydrogens (tertiary/aromatic N) is 1. The number of hydrogen-bond acceptors (Lipinski definition) is 2. The molecule has 3 nitrogen and oxygen atoms in total. The lowest BCUT2D eigenvalue weighted by atomic mass is 9.93.